The van der Waals surface area contributed by atoms with Gasteiger partial charge in [-0.15, -0.1) is 0 Å². The van der Waals surface area contributed by atoms with Crippen molar-refractivity contribution in [1.29, 1.82) is 0 Å². The largest absolute Gasteiger partial charge is 0.272 e. The fourth-order valence-electron chi connectivity index (χ4n) is 1.22. The van der Waals surface area contributed by atoms with Crippen molar-refractivity contribution in [3.05, 3.63) is 29.3 Å². The Labute approximate surface area is 91.9 Å². The average molecular weight is 222 g/mol. The van der Waals surface area contributed by atoms with Gasteiger partial charge in [0, 0.05) is 10.7 Å². The van der Waals surface area contributed by atoms with Crippen LogP contribution in [0.5, 0.6) is 0 Å². The first kappa shape index (κ1) is 9.86. The number of rotatable bonds is 1. The molecule has 2 rings (SSSR count). The molecule has 0 atom stereocenters. The summed E-state index contributed by atoms with van der Waals surface area (Å²) >= 11 is 5.76. The summed E-state index contributed by atoms with van der Waals surface area (Å²) in [4.78, 5) is 20.7. The van der Waals surface area contributed by atoms with E-state index in [1.54, 1.807) is 24.3 Å². The van der Waals surface area contributed by atoms with Gasteiger partial charge in [-0.3, -0.25) is 14.7 Å². The van der Waals surface area contributed by atoms with E-state index in [1.807, 2.05) is 0 Å². The van der Waals surface area contributed by atoms with E-state index in [9.17, 15) is 4.79 Å². The number of hydrogen-bond acceptors (Lipinski definition) is 3. The molecule has 0 aromatic heterocycles. The summed E-state index contributed by atoms with van der Waals surface area (Å²) in [5.74, 6) is -0.116. The van der Waals surface area contributed by atoms with Gasteiger partial charge in [-0.1, -0.05) is 11.6 Å². The number of carbonyl (C=O) groups is 1. The van der Waals surface area contributed by atoms with Crippen LogP contribution in [0.2, 0.25) is 5.02 Å². The molecule has 0 fully saturated rings. The topological polar surface area (TPSA) is 45.0 Å². The summed E-state index contributed by atoms with van der Waals surface area (Å²) in [6.07, 6.45) is 2.82. The van der Waals surface area contributed by atoms with Gasteiger partial charge in [0.15, 0.2) is 0 Å². The number of amides is 1. The van der Waals surface area contributed by atoms with Gasteiger partial charge in [0.1, 0.15) is 19.2 Å². The van der Waals surface area contributed by atoms with Gasteiger partial charge in [0.2, 0.25) is 0 Å². The van der Waals surface area contributed by atoms with Gasteiger partial charge in [0.25, 0.3) is 5.91 Å². The van der Waals surface area contributed by atoms with Gasteiger partial charge in [0.05, 0.1) is 0 Å². The Morgan fingerprint density at radius 3 is 2.73 bits per heavy atom. The fraction of sp³-hybridized carbons (Fsp3) is 0.100. The van der Waals surface area contributed by atoms with Gasteiger partial charge < -0.3 is 0 Å². The van der Waals surface area contributed by atoms with Crippen LogP contribution in [0.25, 0.3) is 0 Å². The zero-order chi connectivity index (χ0) is 10.7. The van der Waals surface area contributed by atoms with Gasteiger partial charge in [-0.2, -0.15) is 0 Å². The van der Waals surface area contributed by atoms with E-state index in [1.165, 1.54) is 17.6 Å². The van der Waals surface area contributed by atoms with Crippen molar-refractivity contribution < 1.29 is 4.79 Å². The summed E-state index contributed by atoms with van der Waals surface area (Å²) in [6.45, 7) is 0.114. The second-order valence-electron chi connectivity index (χ2n) is 2.96. The minimum absolute atomic E-state index is 0.114. The summed E-state index contributed by atoms with van der Waals surface area (Å²) in [6, 6.07) is 6.97. The number of nitrogens with zero attached hydrogens (tertiary/aromatic N) is 3. The van der Waals surface area contributed by atoms with Crippen LogP contribution in [0, 0.1) is 0 Å². The van der Waals surface area contributed by atoms with E-state index < -0.39 is 0 Å². The molecule has 0 bridgehead atoms. The maximum Gasteiger partial charge on any atom is 0.253 e. The Balaban J connectivity index is 2.30. The molecule has 5 heteroatoms. The molecule has 0 spiro atoms. The number of benzene rings is 1. The smallest absolute Gasteiger partial charge is 0.253 e. The maximum absolute atomic E-state index is 11.6. The van der Waals surface area contributed by atoms with E-state index >= 15 is 0 Å². The summed E-state index contributed by atoms with van der Waals surface area (Å²) in [5, 5.41) is 0.634. The Hall–Kier alpha value is -1.68. The number of carbonyl (C=O) groups excluding carboxylic acids is 1. The van der Waals surface area contributed by atoms with Crippen LogP contribution in [0.1, 0.15) is 0 Å². The van der Waals surface area contributed by atoms with Crippen molar-refractivity contribution in [1.82, 2.24) is 0 Å². The van der Waals surface area contributed by atoms with E-state index in [4.69, 9.17) is 11.6 Å². The number of halogens is 1. The summed E-state index contributed by atoms with van der Waals surface area (Å²) in [5.41, 5.74) is 0.735. The molecule has 1 aliphatic heterocycles. The predicted octanol–water partition coefficient (Wildman–Crippen LogP) is 1.74. The van der Waals surface area contributed by atoms with Crippen molar-refractivity contribution in [3.63, 3.8) is 0 Å². The first-order valence-corrected chi connectivity index (χ1v) is 4.74. The number of hydrogen-bond donors (Lipinski definition) is 0. The molecule has 0 radical (unpaired) electrons. The van der Waals surface area contributed by atoms with Crippen molar-refractivity contribution in [3.8, 4) is 0 Å². The molecular formula is C10H8ClN3O. The lowest BCUT2D eigenvalue weighted by molar-refractivity contribution is -0.116. The quantitative estimate of drug-likeness (QED) is 0.713. The van der Waals surface area contributed by atoms with Gasteiger partial charge >= 0.3 is 0 Å². The molecule has 0 saturated carbocycles. The Bertz CT molecular complexity index is 425. The summed E-state index contributed by atoms with van der Waals surface area (Å²) in [7, 11) is 0. The first-order valence-electron chi connectivity index (χ1n) is 4.36. The zero-order valence-electron chi connectivity index (χ0n) is 7.80. The third-order valence-corrected chi connectivity index (χ3v) is 2.18. The van der Waals surface area contributed by atoms with Crippen LogP contribution in [-0.2, 0) is 4.79 Å². The molecular weight excluding hydrogens is 214 g/mol. The second kappa shape index (κ2) is 4.23. The molecule has 0 N–H and O–H groups in total. The lowest BCUT2D eigenvalue weighted by Gasteiger charge is -2.15. The predicted molar refractivity (Wildman–Crippen MR) is 60.8 cm³/mol. The highest BCUT2D eigenvalue weighted by atomic mass is 35.5. The number of anilines is 1. The molecule has 1 aliphatic rings. The van der Waals surface area contributed by atoms with Crippen molar-refractivity contribution in [2.75, 3.05) is 11.4 Å². The fourth-order valence-corrected chi connectivity index (χ4v) is 1.34. The van der Waals surface area contributed by atoms with Crippen LogP contribution in [0.15, 0.2) is 34.3 Å². The normalized spacial score (nSPS) is 15.5. The lowest BCUT2D eigenvalue weighted by Crippen LogP contribution is -2.30. The molecule has 0 unspecified atom stereocenters. The van der Waals surface area contributed by atoms with E-state index in [2.05, 4.69) is 9.98 Å². The highest BCUT2D eigenvalue weighted by Gasteiger charge is 2.13. The molecule has 1 amide bonds. The minimum atomic E-state index is -0.116. The minimum Gasteiger partial charge on any atom is -0.272 e. The number of aliphatic imine (C=N–C) groups is 2. The molecule has 0 aliphatic carbocycles. The highest BCUT2D eigenvalue weighted by molar-refractivity contribution is 6.30. The van der Waals surface area contributed by atoms with Crippen molar-refractivity contribution in [2.24, 2.45) is 9.98 Å². The molecule has 1 heterocycles. The van der Waals surface area contributed by atoms with Gasteiger partial charge in [-0.05, 0) is 24.3 Å². The first-order chi connectivity index (χ1) is 7.27. The van der Waals surface area contributed by atoms with E-state index in [-0.39, 0.29) is 12.5 Å². The van der Waals surface area contributed by atoms with E-state index in [0.717, 1.165) is 5.69 Å². The second-order valence-corrected chi connectivity index (χ2v) is 3.40. The standard InChI is InChI=1S/C10H8ClN3O/c11-8-1-3-9(4-2-8)14-7-13-6-12-5-10(14)15/h1-4,6-7H,5H2. The third-order valence-electron chi connectivity index (χ3n) is 1.93. The monoisotopic (exact) mass is 221 g/mol. The van der Waals surface area contributed by atoms with Crippen molar-refractivity contribution >= 4 is 35.9 Å². The van der Waals surface area contributed by atoms with Crippen LogP contribution in [-0.4, -0.2) is 25.1 Å². The SMILES string of the molecule is O=C1CN=CN=CN1c1ccc(Cl)cc1. The summed E-state index contributed by atoms with van der Waals surface area (Å²) < 4.78 is 0. The zero-order valence-corrected chi connectivity index (χ0v) is 8.55. The molecule has 4 nitrogen and oxygen atoms in total. The highest BCUT2D eigenvalue weighted by Crippen LogP contribution is 2.17. The average Bonchev–Trinajstić information content (AvgIpc) is 2.44. The molecule has 1 aromatic carbocycles. The molecule has 76 valence electrons. The molecule has 1 aromatic rings. The lowest BCUT2D eigenvalue weighted by atomic mass is 10.3. The van der Waals surface area contributed by atoms with Gasteiger partial charge in [-0.25, -0.2) is 4.99 Å². The maximum atomic E-state index is 11.6. The van der Waals surface area contributed by atoms with Crippen LogP contribution in [0.3, 0.4) is 0 Å². The van der Waals surface area contributed by atoms with Crippen LogP contribution < -0.4 is 4.90 Å². The van der Waals surface area contributed by atoms with Crippen LogP contribution in [0.4, 0.5) is 5.69 Å². The molecule has 15 heavy (non-hydrogen) atoms. The Morgan fingerprint density at radius 1 is 1.27 bits per heavy atom. The van der Waals surface area contributed by atoms with Crippen LogP contribution >= 0.6 is 11.6 Å². The van der Waals surface area contributed by atoms with Crippen molar-refractivity contribution in [2.45, 2.75) is 0 Å². The molecule has 0 saturated heterocycles. The Kier molecular flexibility index (Phi) is 2.78. The van der Waals surface area contributed by atoms with E-state index in [0.29, 0.717) is 5.02 Å². The third kappa shape index (κ3) is 2.22. The Morgan fingerprint density at radius 2 is 2.00 bits per heavy atom.